The number of nitro groups is 1. The molecule has 0 saturated carbocycles. The van der Waals surface area contributed by atoms with Gasteiger partial charge in [-0.05, 0) is 27.7 Å². The van der Waals surface area contributed by atoms with Crippen molar-refractivity contribution in [2.24, 2.45) is 0 Å². The number of aromatic nitrogens is 2. The molecule has 0 radical (unpaired) electrons. The second-order valence-electron chi connectivity index (χ2n) is 4.69. The van der Waals surface area contributed by atoms with Crippen molar-refractivity contribution < 1.29 is 9.72 Å². The summed E-state index contributed by atoms with van der Waals surface area (Å²) in [4.78, 5) is 30.2. The molecule has 0 aliphatic rings. The molecule has 1 aromatic rings. The molecule has 0 fully saturated rings. The number of amides is 1. The zero-order valence-corrected chi connectivity index (χ0v) is 12.6. The Morgan fingerprint density at radius 2 is 2.00 bits per heavy atom. The number of anilines is 2. The molecule has 9 heteroatoms. The second kappa shape index (κ2) is 7.36. The fourth-order valence-corrected chi connectivity index (χ4v) is 1.68. The minimum absolute atomic E-state index is 0.00117. The molecule has 0 aliphatic carbocycles. The first-order chi connectivity index (χ1) is 9.85. The monoisotopic (exact) mass is 296 g/mol. The highest BCUT2D eigenvalue weighted by Gasteiger charge is 2.22. The summed E-state index contributed by atoms with van der Waals surface area (Å²) in [6.45, 7) is 7.55. The summed E-state index contributed by atoms with van der Waals surface area (Å²) in [5.41, 5.74) is 0.00622. The van der Waals surface area contributed by atoms with Gasteiger partial charge in [0.2, 0.25) is 17.7 Å². The van der Waals surface area contributed by atoms with Gasteiger partial charge in [0.1, 0.15) is 5.69 Å². The van der Waals surface area contributed by atoms with Gasteiger partial charge in [0.25, 0.3) is 0 Å². The molecule has 0 spiro atoms. The zero-order valence-electron chi connectivity index (χ0n) is 12.6. The van der Waals surface area contributed by atoms with Gasteiger partial charge in [-0.1, -0.05) is 0 Å². The van der Waals surface area contributed by atoms with Crippen LogP contribution < -0.4 is 16.0 Å². The van der Waals surface area contributed by atoms with Crippen LogP contribution in [-0.4, -0.2) is 39.9 Å². The summed E-state index contributed by atoms with van der Waals surface area (Å²) < 4.78 is 0. The van der Waals surface area contributed by atoms with Gasteiger partial charge >= 0.3 is 5.69 Å². The number of hydrogen-bond acceptors (Lipinski definition) is 7. The minimum Gasteiger partial charge on any atom is -0.355 e. The van der Waals surface area contributed by atoms with Crippen LogP contribution in [0.3, 0.4) is 0 Å². The summed E-state index contributed by atoms with van der Waals surface area (Å²) in [5, 5.41) is 19.4. The number of nitrogens with one attached hydrogen (secondary N) is 3. The molecular formula is C12H20N6O3. The van der Waals surface area contributed by atoms with Crippen molar-refractivity contribution in [3.05, 3.63) is 15.8 Å². The van der Waals surface area contributed by atoms with E-state index in [1.165, 1.54) is 6.92 Å². The molecule has 1 aromatic heterocycles. The predicted molar refractivity (Wildman–Crippen MR) is 79.4 cm³/mol. The van der Waals surface area contributed by atoms with Gasteiger partial charge in [0.15, 0.2) is 0 Å². The number of carbonyl (C=O) groups excluding carboxylic acids is 1. The average molecular weight is 296 g/mol. The molecule has 116 valence electrons. The maximum atomic E-state index is 11.6. The lowest BCUT2D eigenvalue weighted by molar-refractivity contribution is -0.385. The predicted octanol–water partition coefficient (Wildman–Crippen LogP) is 1.06. The number of aryl methyl sites for hydroxylation is 1. The van der Waals surface area contributed by atoms with Gasteiger partial charge in [-0.15, -0.1) is 0 Å². The molecule has 0 unspecified atom stereocenters. The van der Waals surface area contributed by atoms with Crippen molar-refractivity contribution >= 4 is 23.4 Å². The molecule has 1 heterocycles. The van der Waals surface area contributed by atoms with E-state index in [0.29, 0.717) is 6.54 Å². The van der Waals surface area contributed by atoms with Crippen molar-refractivity contribution in [1.29, 1.82) is 0 Å². The smallest absolute Gasteiger partial charge is 0.332 e. The molecule has 3 N–H and O–H groups in total. The summed E-state index contributed by atoms with van der Waals surface area (Å²) in [5.74, 6) is 0.0512. The Bertz CT molecular complexity index is 532. The Labute approximate surface area is 122 Å². The maximum absolute atomic E-state index is 11.6. The van der Waals surface area contributed by atoms with Crippen LogP contribution in [0, 0.1) is 17.0 Å². The Morgan fingerprint density at radius 1 is 1.33 bits per heavy atom. The lowest BCUT2D eigenvalue weighted by Crippen LogP contribution is -2.35. The second-order valence-corrected chi connectivity index (χ2v) is 4.69. The number of rotatable bonds is 7. The van der Waals surface area contributed by atoms with Gasteiger partial charge in [-0.2, -0.15) is 4.98 Å². The van der Waals surface area contributed by atoms with E-state index < -0.39 is 4.92 Å². The molecule has 0 atom stereocenters. The average Bonchev–Trinajstić information content (AvgIpc) is 2.34. The van der Waals surface area contributed by atoms with E-state index in [9.17, 15) is 14.9 Å². The van der Waals surface area contributed by atoms with Gasteiger partial charge in [-0.25, -0.2) is 4.98 Å². The first-order valence-electron chi connectivity index (χ1n) is 6.65. The first kappa shape index (κ1) is 16.6. The van der Waals surface area contributed by atoms with E-state index in [0.717, 1.165) is 0 Å². The number of hydrogen-bond donors (Lipinski definition) is 3. The highest BCUT2D eigenvalue weighted by atomic mass is 16.6. The maximum Gasteiger partial charge on any atom is 0.332 e. The number of carbonyl (C=O) groups is 1. The summed E-state index contributed by atoms with van der Waals surface area (Å²) in [6.07, 6.45) is 0. The highest BCUT2D eigenvalue weighted by Crippen LogP contribution is 2.26. The van der Waals surface area contributed by atoms with E-state index in [1.54, 1.807) is 0 Å². The Balaban J connectivity index is 2.96. The van der Waals surface area contributed by atoms with Crippen LogP contribution in [0.15, 0.2) is 0 Å². The van der Waals surface area contributed by atoms with Gasteiger partial charge in [0.05, 0.1) is 11.5 Å². The van der Waals surface area contributed by atoms with Crippen LogP contribution in [0.1, 0.15) is 26.5 Å². The van der Waals surface area contributed by atoms with Gasteiger partial charge < -0.3 is 16.0 Å². The Kier molecular flexibility index (Phi) is 5.82. The van der Waals surface area contributed by atoms with Crippen LogP contribution in [-0.2, 0) is 4.79 Å². The highest BCUT2D eigenvalue weighted by molar-refractivity contribution is 5.81. The largest absolute Gasteiger partial charge is 0.355 e. The zero-order chi connectivity index (χ0) is 16.0. The normalized spacial score (nSPS) is 10.3. The molecule has 0 aromatic carbocycles. The van der Waals surface area contributed by atoms with Crippen molar-refractivity contribution in [3.8, 4) is 0 Å². The summed E-state index contributed by atoms with van der Waals surface area (Å²) in [6, 6.07) is -0.00117. The molecular weight excluding hydrogens is 276 g/mol. The standard InChI is InChI=1S/C12H20N6O3/c1-5-13-12-16-8(4)10(18(20)21)11(17-12)14-6-9(19)15-7(2)3/h7H,5-6H2,1-4H3,(H,15,19)(H2,13,14,16,17). The molecule has 0 aliphatic heterocycles. The fourth-order valence-electron chi connectivity index (χ4n) is 1.68. The van der Waals surface area contributed by atoms with Gasteiger partial charge in [-0.3, -0.25) is 14.9 Å². The van der Waals surface area contributed by atoms with E-state index >= 15 is 0 Å². The van der Waals surface area contributed by atoms with Crippen molar-refractivity contribution in [1.82, 2.24) is 15.3 Å². The third-order valence-electron chi connectivity index (χ3n) is 2.44. The molecule has 9 nitrogen and oxygen atoms in total. The van der Waals surface area contributed by atoms with Crippen LogP contribution >= 0.6 is 0 Å². The first-order valence-corrected chi connectivity index (χ1v) is 6.65. The molecule has 1 amide bonds. The SMILES string of the molecule is CCNc1nc(C)c([N+](=O)[O-])c(NCC(=O)NC(C)C)n1. The van der Waals surface area contributed by atoms with Crippen molar-refractivity contribution in [3.63, 3.8) is 0 Å². The van der Waals surface area contributed by atoms with E-state index in [4.69, 9.17) is 0 Å². The molecule has 0 bridgehead atoms. The quantitative estimate of drug-likeness (QED) is 0.508. The number of nitrogens with zero attached hydrogens (tertiary/aromatic N) is 3. The van der Waals surface area contributed by atoms with Crippen LogP contribution in [0.4, 0.5) is 17.5 Å². The third kappa shape index (κ3) is 4.86. The topological polar surface area (TPSA) is 122 Å². The minimum atomic E-state index is -0.562. The van der Waals surface area contributed by atoms with Crippen molar-refractivity contribution in [2.45, 2.75) is 33.7 Å². The summed E-state index contributed by atoms with van der Waals surface area (Å²) >= 11 is 0. The fraction of sp³-hybridized carbons (Fsp3) is 0.583. The van der Waals surface area contributed by atoms with E-state index in [-0.39, 0.29) is 41.6 Å². The third-order valence-corrected chi connectivity index (χ3v) is 2.44. The van der Waals surface area contributed by atoms with E-state index in [1.807, 2.05) is 20.8 Å². The van der Waals surface area contributed by atoms with Crippen LogP contribution in [0.5, 0.6) is 0 Å². The Morgan fingerprint density at radius 3 is 2.52 bits per heavy atom. The summed E-state index contributed by atoms with van der Waals surface area (Å²) in [7, 11) is 0. The van der Waals surface area contributed by atoms with Crippen LogP contribution in [0.25, 0.3) is 0 Å². The molecule has 21 heavy (non-hydrogen) atoms. The van der Waals surface area contributed by atoms with Crippen molar-refractivity contribution in [2.75, 3.05) is 23.7 Å². The molecule has 0 saturated heterocycles. The van der Waals surface area contributed by atoms with Crippen LogP contribution in [0.2, 0.25) is 0 Å². The Hall–Kier alpha value is -2.45. The van der Waals surface area contributed by atoms with E-state index in [2.05, 4.69) is 25.9 Å². The molecule has 1 rings (SSSR count). The lowest BCUT2D eigenvalue weighted by Gasteiger charge is -2.11. The lowest BCUT2D eigenvalue weighted by atomic mass is 10.3. The van der Waals surface area contributed by atoms with Gasteiger partial charge in [0, 0.05) is 12.6 Å².